The number of tetrazole rings is 1. The molecule has 0 bridgehead atoms. The van der Waals surface area contributed by atoms with Gasteiger partial charge in [0.2, 0.25) is 0 Å². The molecule has 1 aromatic rings. The van der Waals surface area contributed by atoms with Gasteiger partial charge in [0.1, 0.15) is 0 Å². The molecule has 0 amide bonds. The first-order valence-electron chi connectivity index (χ1n) is 1.86. The second kappa shape index (κ2) is 1.65. The van der Waals surface area contributed by atoms with Crippen molar-refractivity contribution in [1.29, 1.82) is 0 Å². The second-order valence-electron chi connectivity index (χ2n) is 1.03. The third-order valence-electron chi connectivity index (χ3n) is 0.572. The Morgan fingerprint density at radius 3 is 3.00 bits per heavy atom. The zero-order valence-electron chi connectivity index (χ0n) is 3.63. The Morgan fingerprint density at radius 1 is 1.86 bits per heavy atom. The van der Waals surface area contributed by atoms with Crippen LogP contribution in [0.15, 0.2) is 0 Å². The average Bonchev–Trinajstić information content (AvgIpc) is 2.14. The minimum atomic E-state index is 0. The molecule has 0 atom stereocenters. The van der Waals surface area contributed by atoms with Gasteiger partial charge in [0.05, 0.1) is 6.54 Å². The van der Waals surface area contributed by atoms with Gasteiger partial charge in [-0.1, -0.05) is 5.21 Å². The van der Waals surface area contributed by atoms with E-state index < -0.39 is 0 Å². The van der Waals surface area contributed by atoms with Crippen molar-refractivity contribution in [1.82, 2.24) is 20.6 Å². The van der Waals surface area contributed by atoms with Gasteiger partial charge in [-0.3, -0.25) is 0 Å². The Morgan fingerprint density at radius 2 is 2.71 bits per heavy atom. The first kappa shape index (κ1) is 4.20. The van der Waals surface area contributed by atoms with E-state index in [2.05, 4.69) is 20.6 Å². The molecule has 5 nitrogen and oxygen atoms in total. The van der Waals surface area contributed by atoms with Gasteiger partial charge in [-0.15, -0.1) is 10.2 Å². The first-order chi connectivity index (χ1) is 3.43. The van der Waals surface area contributed by atoms with Gasteiger partial charge in [-0.2, -0.15) is 5.21 Å². The fraction of sp³-hybridized carbons (Fsp3) is 0.500. The summed E-state index contributed by atoms with van der Waals surface area (Å²) < 4.78 is 0. The number of H-pyrrole nitrogens is 1. The van der Waals surface area contributed by atoms with Crippen molar-refractivity contribution in [2.24, 2.45) is 5.73 Å². The number of hydrogen-bond donors (Lipinski definition) is 2. The van der Waals surface area contributed by atoms with Gasteiger partial charge in [0.15, 0.2) is 5.82 Å². The van der Waals surface area contributed by atoms with Crippen molar-refractivity contribution in [3.63, 3.8) is 0 Å². The minimum absolute atomic E-state index is 0. The van der Waals surface area contributed by atoms with Gasteiger partial charge in [-0.05, 0) is 0 Å². The summed E-state index contributed by atoms with van der Waals surface area (Å²) in [6.07, 6.45) is 0. The summed E-state index contributed by atoms with van der Waals surface area (Å²) in [5.41, 5.74) is 5.11. The molecule has 3 N–H and O–H groups in total. The number of aromatic amines is 1. The third-order valence-corrected chi connectivity index (χ3v) is 0.572. The van der Waals surface area contributed by atoms with Crippen LogP contribution in [-0.2, 0) is 6.54 Å². The lowest BCUT2D eigenvalue weighted by Gasteiger charge is -1.73. The molecule has 0 aliphatic heterocycles. The molecule has 5 heteroatoms. The van der Waals surface area contributed by atoms with Crippen molar-refractivity contribution in [2.45, 2.75) is 6.54 Å². The molecule has 40 valence electrons. The molecule has 7 heavy (non-hydrogen) atoms. The summed E-state index contributed by atoms with van der Waals surface area (Å²) in [4.78, 5) is 0. The highest BCUT2D eigenvalue weighted by Crippen LogP contribution is 1.73. The molecule has 0 radical (unpaired) electrons. The third kappa shape index (κ3) is 0.716. The van der Waals surface area contributed by atoms with Gasteiger partial charge in [0.25, 0.3) is 0 Å². The number of nitrogens with two attached hydrogens (primary N) is 1. The summed E-state index contributed by atoms with van der Waals surface area (Å²) in [7, 11) is 0. The fourth-order valence-corrected chi connectivity index (χ4v) is 0.269. The van der Waals surface area contributed by atoms with Crippen LogP contribution in [-0.4, -0.2) is 20.6 Å². The van der Waals surface area contributed by atoms with Crippen molar-refractivity contribution in [3.8, 4) is 0 Å². The molecule has 0 saturated heterocycles. The SMILES string of the molecule is NCc1nn[nH]n1.[HH]. The van der Waals surface area contributed by atoms with Crippen LogP contribution in [0.4, 0.5) is 0 Å². The van der Waals surface area contributed by atoms with Crippen LogP contribution >= 0.6 is 0 Å². The lowest BCUT2D eigenvalue weighted by atomic mass is 10.7. The van der Waals surface area contributed by atoms with Gasteiger partial charge >= 0.3 is 0 Å². The van der Waals surface area contributed by atoms with E-state index in [-0.39, 0.29) is 1.43 Å². The molecular weight excluding hydrogens is 94.1 g/mol. The Kier molecular flexibility index (Phi) is 0.991. The quantitative estimate of drug-likeness (QED) is 0.470. The Bertz CT molecular complexity index is 125. The van der Waals surface area contributed by atoms with Crippen LogP contribution in [0, 0.1) is 0 Å². The molecule has 0 fully saturated rings. The van der Waals surface area contributed by atoms with E-state index in [1.54, 1.807) is 0 Å². The van der Waals surface area contributed by atoms with Gasteiger partial charge in [0, 0.05) is 1.43 Å². The lowest BCUT2D eigenvalue weighted by molar-refractivity contribution is 0.881. The molecule has 0 saturated carbocycles. The van der Waals surface area contributed by atoms with E-state index in [1.165, 1.54) is 0 Å². The van der Waals surface area contributed by atoms with Crippen molar-refractivity contribution >= 4 is 0 Å². The molecule has 0 aliphatic rings. The number of hydrogen-bond acceptors (Lipinski definition) is 4. The first-order valence-corrected chi connectivity index (χ1v) is 1.86. The van der Waals surface area contributed by atoms with Crippen LogP contribution in [0.1, 0.15) is 7.25 Å². The predicted octanol–water partition coefficient (Wildman–Crippen LogP) is -1.10. The second-order valence-corrected chi connectivity index (χ2v) is 1.03. The molecule has 0 spiro atoms. The zero-order chi connectivity index (χ0) is 5.11. The predicted molar refractivity (Wildman–Crippen MR) is 24.2 cm³/mol. The van der Waals surface area contributed by atoms with Crippen LogP contribution in [0.3, 0.4) is 0 Å². The Hall–Kier alpha value is -0.970. The number of rotatable bonds is 1. The van der Waals surface area contributed by atoms with E-state index in [0.29, 0.717) is 12.4 Å². The van der Waals surface area contributed by atoms with E-state index in [9.17, 15) is 0 Å². The average molecular weight is 101 g/mol. The van der Waals surface area contributed by atoms with Crippen molar-refractivity contribution in [2.75, 3.05) is 0 Å². The summed E-state index contributed by atoms with van der Waals surface area (Å²) >= 11 is 0. The largest absolute Gasteiger partial charge is 0.324 e. The van der Waals surface area contributed by atoms with Crippen molar-refractivity contribution in [3.05, 3.63) is 5.82 Å². The lowest BCUT2D eigenvalue weighted by Crippen LogP contribution is -1.97. The summed E-state index contributed by atoms with van der Waals surface area (Å²) in [6, 6.07) is 0. The number of aromatic nitrogens is 4. The highest BCUT2D eigenvalue weighted by Gasteiger charge is 1.87. The fourth-order valence-electron chi connectivity index (χ4n) is 0.269. The Balaban J connectivity index is 0.000000490. The van der Waals surface area contributed by atoms with Crippen LogP contribution in [0.5, 0.6) is 0 Å². The smallest absolute Gasteiger partial charge is 0.188 e. The van der Waals surface area contributed by atoms with Crippen LogP contribution < -0.4 is 5.73 Å². The van der Waals surface area contributed by atoms with Crippen LogP contribution in [0.25, 0.3) is 0 Å². The van der Waals surface area contributed by atoms with E-state index in [4.69, 9.17) is 5.73 Å². The van der Waals surface area contributed by atoms with E-state index >= 15 is 0 Å². The van der Waals surface area contributed by atoms with Crippen LogP contribution in [0.2, 0.25) is 0 Å². The maximum Gasteiger partial charge on any atom is 0.188 e. The molecule has 0 aromatic carbocycles. The molecule has 1 rings (SSSR count). The number of nitrogens with one attached hydrogen (secondary N) is 1. The molecule has 1 aromatic heterocycles. The monoisotopic (exact) mass is 101 g/mol. The van der Waals surface area contributed by atoms with Gasteiger partial charge < -0.3 is 5.73 Å². The highest BCUT2D eigenvalue weighted by molar-refractivity contribution is 4.70. The molecule has 1 heterocycles. The standard InChI is InChI=1S/C2H5N5.H2/c3-1-2-4-6-7-5-2;/h1,3H2,(H,4,5,6,7);1H. The maximum atomic E-state index is 5.11. The van der Waals surface area contributed by atoms with Gasteiger partial charge in [-0.25, -0.2) is 0 Å². The summed E-state index contributed by atoms with van der Waals surface area (Å²) in [5, 5.41) is 12.7. The Labute approximate surface area is 41.4 Å². The summed E-state index contributed by atoms with van der Waals surface area (Å²) in [6.45, 7) is 0.344. The molecule has 0 aliphatic carbocycles. The number of nitrogens with zero attached hydrogens (tertiary/aromatic N) is 3. The summed E-state index contributed by atoms with van der Waals surface area (Å²) in [5.74, 6) is 0.542. The topological polar surface area (TPSA) is 80.5 Å². The normalized spacial score (nSPS) is 9.29. The van der Waals surface area contributed by atoms with E-state index in [1.807, 2.05) is 0 Å². The highest BCUT2D eigenvalue weighted by atomic mass is 15.5. The molecule has 0 unspecified atom stereocenters. The van der Waals surface area contributed by atoms with Crippen molar-refractivity contribution < 1.29 is 1.43 Å². The van der Waals surface area contributed by atoms with E-state index in [0.717, 1.165) is 0 Å². The minimum Gasteiger partial charge on any atom is -0.324 e. The maximum absolute atomic E-state index is 5.11. The zero-order valence-corrected chi connectivity index (χ0v) is 3.63. The molecular formula is C2H7N5.